The summed E-state index contributed by atoms with van der Waals surface area (Å²) in [6, 6.07) is 4.38. The van der Waals surface area contributed by atoms with E-state index < -0.39 is 12.1 Å². The fourth-order valence-corrected chi connectivity index (χ4v) is 5.11. The number of halogens is 3. The molecule has 0 aliphatic carbocycles. The van der Waals surface area contributed by atoms with Crippen molar-refractivity contribution in [1.82, 2.24) is 15.1 Å². The van der Waals surface area contributed by atoms with Gasteiger partial charge in [-0.2, -0.15) is 13.2 Å². The molecule has 0 saturated carbocycles. The molecule has 0 amide bonds. The molecule has 1 N–H and O–H groups in total. The molecule has 2 saturated heterocycles. The summed E-state index contributed by atoms with van der Waals surface area (Å²) in [6.07, 6.45) is -2.60. The Hall–Kier alpha value is -1.76. The molecular weight excluding hydrogens is 441 g/mol. The summed E-state index contributed by atoms with van der Waals surface area (Å²) in [5.41, 5.74) is 2.04. The van der Waals surface area contributed by atoms with Gasteiger partial charge in [-0.1, -0.05) is 17.4 Å². The molecule has 0 aromatic carbocycles. The van der Waals surface area contributed by atoms with Gasteiger partial charge in [-0.05, 0) is 30.8 Å². The number of aliphatic carboxylic acids is 1. The van der Waals surface area contributed by atoms with E-state index in [-0.39, 0.29) is 5.41 Å². The average molecular weight is 465 g/mol. The third-order valence-electron chi connectivity index (χ3n) is 5.00. The van der Waals surface area contributed by atoms with Gasteiger partial charge in [0.05, 0.1) is 13.2 Å². The van der Waals surface area contributed by atoms with Crippen LogP contribution < -0.4 is 4.90 Å². The Morgan fingerprint density at radius 2 is 2.10 bits per heavy atom. The van der Waals surface area contributed by atoms with E-state index >= 15 is 0 Å². The van der Waals surface area contributed by atoms with Gasteiger partial charge in [0.25, 0.3) is 0 Å². The number of thiophene rings is 1. The van der Waals surface area contributed by atoms with Gasteiger partial charge < -0.3 is 14.7 Å². The van der Waals surface area contributed by atoms with Crippen LogP contribution in [0.1, 0.15) is 17.7 Å². The Bertz CT molecular complexity index is 789. The lowest BCUT2D eigenvalue weighted by Crippen LogP contribution is -2.50. The quantitative estimate of drug-likeness (QED) is 0.746. The van der Waals surface area contributed by atoms with Crippen molar-refractivity contribution >= 4 is 33.8 Å². The molecule has 2 fully saturated rings. The minimum absolute atomic E-state index is 0.220. The first-order valence-corrected chi connectivity index (χ1v) is 11.2. The van der Waals surface area contributed by atoms with Crippen molar-refractivity contribution in [2.45, 2.75) is 25.6 Å². The highest BCUT2D eigenvalue weighted by atomic mass is 32.1. The minimum atomic E-state index is -5.08. The maximum Gasteiger partial charge on any atom is 0.490 e. The van der Waals surface area contributed by atoms with E-state index in [1.54, 1.807) is 11.3 Å². The van der Waals surface area contributed by atoms with E-state index in [1.807, 2.05) is 16.8 Å². The molecule has 2 aromatic heterocycles. The van der Waals surface area contributed by atoms with Crippen molar-refractivity contribution in [2.75, 3.05) is 44.3 Å². The zero-order chi connectivity index (χ0) is 21.6. The molecular formula is C18H23F3N4O3S2. The third-order valence-corrected chi connectivity index (χ3v) is 6.61. The second-order valence-electron chi connectivity index (χ2n) is 7.39. The van der Waals surface area contributed by atoms with Crippen LogP contribution in [0.4, 0.5) is 18.3 Å². The normalized spacial score (nSPS) is 23.0. The predicted molar refractivity (Wildman–Crippen MR) is 108 cm³/mol. The summed E-state index contributed by atoms with van der Waals surface area (Å²) in [7, 11) is 0. The van der Waals surface area contributed by atoms with Gasteiger partial charge in [-0.3, -0.25) is 4.90 Å². The van der Waals surface area contributed by atoms with Crippen molar-refractivity contribution < 1.29 is 27.8 Å². The molecule has 2 aliphatic rings. The molecule has 2 aromatic rings. The van der Waals surface area contributed by atoms with E-state index in [0.29, 0.717) is 0 Å². The fourth-order valence-electron chi connectivity index (χ4n) is 3.78. The number of likely N-dealkylation sites (tertiary alicyclic amines) is 1. The van der Waals surface area contributed by atoms with E-state index in [0.717, 1.165) is 44.5 Å². The van der Waals surface area contributed by atoms with Gasteiger partial charge in [0.15, 0.2) is 0 Å². The summed E-state index contributed by atoms with van der Waals surface area (Å²) >= 11 is 3.48. The zero-order valence-corrected chi connectivity index (χ0v) is 17.8. The standard InChI is InChI=1S/C16H22N4OS2.C2HF3O2/c1-3-14(22-8-1)9-19-5-2-4-16(10-19)11-20(6-7-21-12-16)15-18-17-13-23-15;3-2(4,5)1(6)7/h1,3,8,13H,2,4-7,9-12H2;(H,6,7). The largest absolute Gasteiger partial charge is 0.490 e. The number of aromatic nitrogens is 2. The van der Waals surface area contributed by atoms with Crippen LogP contribution in [0, 0.1) is 5.41 Å². The molecule has 4 heterocycles. The van der Waals surface area contributed by atoms with Crippen LogP contribution >= 0.6 is 22.7 Å². The fraction of sp³-hybridized carbons (Fsp3) is 0.611. The summed E-state index contributed by atoms with van der Waals surface area (Å²) in [5, 5.41) is 18.6. The molecule has 30 heavy (non-hydrogen) atoms. The lowest BCUT2D eigenvalue weighted by atomic mass is 9.80. The highest BCUT2D eigenvalue weighted by Crippen LogP contribution is 2.35. The number of carboxylic acid groups (broad SMARTS) is 1. The molecule has 1 spiro atoms. The minimum Gasteiger partial charge on any atom is -0.475 e. The van der Waals surface area contributed by atoms with Gasteiger partial charge in [-0.15, -0.1) is 21.5 Å². The predicted octanol–water partition coefficient (Wildman–Crippen LogP) is 3.35. The van der Waals surface area contributed by atoms with Gasteiger partial charge >= 0.3 is 12.1 Å². The molecule has 166 valence electrons. The zero-order valence-electron chi connectivity index (χ0n) is 16.2. The smallest absolute Gasteiger partial charge is 0.475 e. The number of hydrogen-bond donors (Lipinski definition) is 1. The van der Waals surface area contributed by atoms with Gasteiger partial charge in [-0.25, -0.2) is 4.79 Å². The Morgan fingerprint density at radius 3 is 2.73 bits per heavy atom. The van der Waals surface area contributed by atoms with Gasteiger partial charge in [0.2, 0.25) is 5.13 Å². The number of rotatable bonds is 3. The molecule has 12 heteroatoms. The van der Waals surface area contributed by atoms with Gasteiger partial charge in [0, 0.05) is 36.5 Å². The van der Waals surface area contributed by atoms with Gasteiger partial charge in [0.1, 0.15) is 5.51 Å². The highest BCUT2D eigenvalue weighted by molar-refractivity contribution is 7.13. The Morgan fingerprint density at radius 1 is 1.30 bits per heavy atom. The topological polar surface area (TPSA) is 78.8 Å². The molecule has 7 nitrogen and oxygen atoms in total. The van der Waals surface area contributed by atoms with Crippen molar-refractivity contribution in [3.8, 4) is 0 Å². The van der Waals surface area contributed by atoms with Crippen molar-refractivity contribution in [3.63, 3.8) is 0 Å². The molecule has 2 aliphatic heterocycles. The first kappa shape index (κ1) is 22.9. The van der Waals surface area contributed by atoms with Crippen molar-refractivity contribution in [1.29, 1.82) is 0 Å². The van der Waals surface area contributed by atoms with Crippen LogP contribution in [0.25, 0.3) is 0 Å². The molecule has 0 bridgehead atoms. The van der Waals surface area contributed by atoms with E-state index in [4.69, 9.17) is 14.6 Å². The van der Waals surface area contributed by atoms with Crippen molar-refractivity contribution in [3.05, 3.63) is 27.9 Å². The molecule has 0 radical (unpaired) electrons. The lowest BCUT2D eigenvalue weighted by Gasteiger charge is -2.43. The van der Waals surface area contributed by atoms with Crippen LogP contribution in [0.5, 0.6) is 0 Å². The number of alkyl halides is 3. The monoisotopic (exact) mass is 464 g/mol. The first-order chi connectivity index (χ1) is 14.3. The van der Waals surface area contributed by atoms with Crippen LogP contribution in [-0.4, -0.2) is 71.7 Å². The van der Waals surface area contributed by atoms with Crippen LogP contribution in [0.2, 0.25) is 0 Å². The highest BCUT2D eigenvalue weighted by Gasteiger charge is 2.40. The molecule has 1 unspecified atom stereocenters. The Kier molecular flexibility index (Phi) is 7.66. The number of nitrogens with zero attached hydrogens (tertiary/aromatic N) is 4. The SMILES string of the molecule is O=C(O)C(F)(F)F.c1csc(CN2CCCC3(COCCN(c4nncs4)C3)C2)c1. The maximum atomic E-state index is 10.6. The second kappa shape index (κ2) is 10.0. The maximum absolute atomic E-state index is 10.6. The average Bonchev–Trinajstić information content (AvgIpc) is 3.35. The number of ether oxygens (including phenoxy) is 1. The summed E-state index contributed by atoms with van der Waals surface area (Å²) in [4.78, 5) is 15.3. The molecule has 1 atom stereocenters. The van der Waals surface area contributed by atoms with Crippen LogP contribution in [-0.2, 0) is 16.1 Å². The Balaban J connectivity index is 0.000000318. The number of anilines is 1. The summed E-state index contributed by atoms with van der Waals surface area (Å²) in [5.74, 6) is -2.76. The number of piperidine rings is 1. The van der Waals surface area contributed by atoms with Crippen molar-refractivity contribution in [2.24, 2.45) is 5.41 Å². The lowest BCUT2D eigenvalue weighted by molar-refractivity contribution is -0.192. The van der Waals surface area contributed by atoms with Crippen LogP contribution in [0.15, 0.2) is 23.0 Å². The molecule has 4 rings (SSSR count). The van der Waals surface area contributed by atoms with E-state index in [1.165, 1.54) is 24.3 Å². The number of carboxylic acids is 1. The summed E-state index contributed by atoms with van der Waals surface area (Å²) < 4.78 is 37.7. The number of hydrogen-bond acceptors (Lipinski definition) is 8. The first-order valence-electron chi connectivity index (χ1n) is 9.41. The third kappa shape index (κ3) is 6.37. The van der Waals surface area contributed by atoms with E-state index in [9.17, 15) is 13.2 Å². The van der Waals surface area contributed by atoms with Crippen LogP contribution in [0.3, 0.4) is 0 Å². The Labute approximate surface area is 180 Å². The van der Waals surface area contributed by atoms with E-state index in [2.05, 4.69) is 37.5 Å². The second-order valence-corrected chi connectivity index (χ2v) is 9.24. The number of carbonyl (C=O) groups is 1. The summed E-state index contributed by atoms with van der Waals surface area (Å²) in [6.45, 7) is 6.97.